The Morgan fingerprint density at radius 1 is 0.871 bits per heavy atom. The summed E-state index contributed by atoms with van der Waals surface area (Å²) in [4.78, 5) is 25.4. The van der Waals surface area contributed by atoms with Crippen molar-refractivity contribution in [3.8, 4) is 0 Å². The van der Waals surface area contributed by atoms with E-state index in [1.54, 1.807) is 0 Å². The van der Waals surface area contributed by atoms with E-state index in [0.717, 1.165) is 21.9 Å². The molecule has 162 valence electrons. The monoisotopic (exact) mass is 417 g/mol. The predicted molar refractivity (Wildman–Crippen MR) is 125 cm³/mol. The molecule has 1 amide bonds. The van der Waals surface area contributed by atoms with Crippen molar-refractivity contribution in [2.45, 2.75) is 52.7 Å². The van der Waals surface area contributed by atoms with Crippen LogP contribution in [-0.2, 0) is 27.4 Å². The molecule has 31 heavy (non-hydrogen) atoms. The van der Waals surface area contributed by atoms with Crippen LogP contribution in [0.2, 0.25) is 0 Å². The molecule has 3 aromatic carbocycles. The third-order valence-corrected chi connectivity index (χ3v) is 5.50. The summed E-state index contributed by atoms with van der Waals surface area (Å²) in [6, 6.07) is 21.3. The highest BCUT2D eigenvalue weighted by atomic mass is 16.5. The quantitative estimate of drug-likeness (QED) is 0.500. The van der Waals surface area contributed by atoms with Crippen molar-refractivity contribution in [1.82, 2.24) is 5.32 Å². The van der Waals surface area contributed by atoms with Gasteiger partial charge < -0.3 is 10.1 Å². The van der Waals surface area contributed by atoms with Gasteiger partial charge in [0, 0.05) is 0 Å². The molecule has 0 saturated carbocycles. The highest BCUT2D eigenvalue weighted by molar-refractivity contribution is 5.91. The number of rotatable bonds is 8. The zero-order valence-corrected chi connectivity index (χ0v) is 18.7. The van der Waals surface area contributed by atoms with Gasteiger partial charge in [0.15, 0.2) is 0 Å². The van der Waals surface area contributed by atoms with Crippen molar-refractivity contribution in [2.75, 3.05) is 0 Å². The Kier molecular flexibility index (Phi) is 7.45. The number of benzene rings is 3. The molecule has 0 spiro atoms. The lowest BCUT2D eigenvalue weighted by molar-refractivity contribution is -0.150. The average Bonchev–Trinajstić information content (AvgIpc) is 2.76. The normalized spacial score (nSPS) is 12.2. The fourth-order valence-corrected chi connectivity index (χ4v) is 3.58. The van der Waals surface area contributed by atoms with Crippen LogP contribution in [0.15, 0.2) is 66.7 Å². The van der Waals surface area contributed by atoms with E-state index in [4.69, 9.17) is 4.74 Å². The van der Waals surface area contributed by atoms with Gasteiger partial charge in [-0.1, -0.05) is 94.4 Å². The Balaban J connectivity index is 1.61. The van der Waals surface area contributed by atoms with Gasteiger partial charge in [0.2, 0.25) is 5.91 Å². The second-order valence-corrected chi connectivity index (χ2v) is 8.61. The molecule has 3 rings (SSSR count). The molecule has 0 aliphatic heterocycles. The van der Waals surface area contributed by atoms with Gasteiger partial charge in [-0.05, 0) is 39.3 Å². The Hall–Kier alpha value is -3.14. The first kappa shape index (κ1) is 22.5. The van der Waals surface area contributed by atoms with E-state index in [-0.39, 0.29) is 24.9 Å². The smallest absolute Gasteiger partial charge is 0.329 e. The van der Waals surface area contributed by atoms with E-state index in [0.29, 0.717) is 5.92 Å². The summed E-state index contributed by atoms with van der Waals surface area (Å²) in [7, 11) is 0. The van der Waals surface area contributed by atoms with Gasteiger partial charge >= 0.3 is 5.97 Å². The maximum absolute atomic E-state index is 12.7. The van der Waals surface area contributed by atoms with Gasteiger partial charge in [0.1, 0.15) is 12.6 Å². The molecule has 1 atom stereocenters. The third-order valence-electron chi connectivity index (χ3n) is 5.50. The van der Waals surface area contributed by atoms with Crippen LogP contribution in [0.4, 0.5) is 0 Å². The van der Waals surface area contributed by atoms with E-state index in [1.165, 1.54) is 5.56 Å². The molecule has 0 fully saturated rings. The molecule has 0 heterocycles. The van der Waals surface area contributed by atoms with Crippen LogP contribution in [0.1, 0.15) is 50.3 Å². The van der Waals surface area contributed by atoms with Crippen LogP contribution in [0.3, 0.4) is 0 Å². The molecule has 0 aromatic heterocycles. The molecule has 1 N–H and O–H groups in total. The maximum Gasteiger partial charge on any atom is 0.329 e. The first-order chi connectivity index (χ1) is 14.8. The number of amides is 1. The highest BCUT2D eigenvalue weighted by Crippen LogP contribution is 2.19. The number of fused-ring (bicyclic) bond motifs is 1. The minimum absolute atomic E-state index is 0.0766. The lowest BCUT2D eigenvalue weighted by atomic mass is 10.0. The Morgan fingerprint density at radius 2 is 1.55 bits per heavy atom. The van der Waals surface area contributed by atoms with Gasteiger partial charge in [-0.25, -0.2) is 4.79 Å². The molecule has 0 aliphatic rings. The fraction of sp³-hybridized carbons (Fsp3) is 0.333. The summed E-state index contributed by atoms with van der Waals surface area (Å²) < 4.78 is 5.52. The summed E-state index contributed by atoms with van der Waals surface area (Å²) >= 11 is 0. The lowest BCUT2D eigenvalue weighted by Gasteiger charge is -2.21. The van der Waals surface area contributed by atoms with Crippen molar-refractivity contribution >= 4 is 22.6 Å². The summed E-state index contributed by atoms with van der Waals surface area (Å²) in [5.74, 6) is -0.214. The van der Waals surface area contributed by atoms with Crippen molar-refractivity contribution in [3.63, 3.8) is 0 Å². The molecule has 4 nitrogen and oxygen atoms in total. The number of carbonyl (C=O) groups excluding carboxylic acids is 2. The van der Waals surface area contributed by atoms with E-state index in [9.17, 15) is 9.59 Å². The molecule has 4 heteroatoms. The molecule has 0 bridgehead atoms. The minimum atomic E-state index is -0.683. The number of carbonyl (C=O) groups is 2. The molecular formula is C27H31NO3. The summed E-state index contributed by atoms with van der Waals surface area (Å²) in [6.45, 7) is 8.29. The Bertz CT molecular complexity index is 1030. The topological polar surface area (TPSA) is 55.4 Å². The van der Waals surface area contributed by atoms with Crippen LogP contribution < -0.4 is 5.32 Å². The Labute approximate surface area is 184 Å². The lowest BCUT2D eigenvalue weighted by Crippen LogP contribution is -2.45. The van der Waals surface area contributed by atoms with Crippen LogP contribution in [0.5, 0.6) is 0 Å². The maximum atomic E-state index is 12.7. The van der Waals surface area contributed by atoms with Crippen LogP contribution in [0.25, 0.3) is 10.8 Å². The molecular weight excluding hydrogens is 386 g/mol. The van der Waals surface area contributed by atoms with Gasteiger partial charge in [0.05, 0.1) is 6.42 Å². The van der Waals surface area contributed by atoms with Gasteiger partial charge in [-0.2, -0.15) is 0 Å². The van der Waals surface area contributed by atoms with Gasteiger partial charge in [0.25, 0.3) is 0 Å². The van der Waals surface area contributed by atoms with Crippen molar-refractivity contribution in [1.29, 1.82) is 0 Å². The second-order valence-electron chi connectivity index (χ2n) is 8.61. The average molecular weight is 418 g/mol. The largest absolute Gasteiger partial charge is 0.459 e. The molecule has 0 unspecified atom stereocenters. The number of ether oxygens (including phenoxy) is 1. The van der Waals surface area contributed by atoms with Crippen LogP contribution >= 0.6 is 0 Å². The van der Waals surface area contributed by atoms with Crippen LogP contribution in [-0.4, -0.2) is 17.9 Å². The number of hydrogen-bond donors (Lipinski definition) is 1. The third kappa shape index (κ3) is 5.94. The number of nitrogens with one attached hydrogen (secondary N) is 1. The first-order valence-electron chi connectivity index (χ1n) is 10.9. The summed E-state index contributed by atoms with van der Waals surface area (Å²) in [5.41, 5.74) is 3.12. The van der Waals surface area contributed by atoms with E-state index in [2.05, 4.69) is 31.3 Å². The minimum Gasteiger partial charge on any atom is -0.459 e. The fourth-order valence-electron chi connectivity index (χ4n) is 3.58. The SMILES string of the molecule is CC(C)c1ccc(COC(=O)[C@@H](NC(=O)Cc2cccc3ccccc23)C(C)C)cc1. The van der Waals surface area contributed by atoms with E-state index in [1.807, 2.05) is 68.4 Å². The molecule has 0 radical (unpaired) electrons. The van der Waals surface area contributed by atoms with E-state index < -0.39 is 12.0 Å². The highest BCUT2D eigenvalue weighted by Gasteiger charge is 2.26. The summed E-state index contributed by atoms with van der Waals surface area (Å²) in [6.07, 6.45) is 0.217. The second kappa shape index (κ2) is 10.3. The first-order valence-corrected chi connectivity index (χ1v) is 10.9. The number of esters is 1. The molecule has 0 aliphatic carbocycles. The predicted octanol–water partition coefficient (Wildman–Crippen LogP) is 5.39. The standard InChI is InChI=1S/C27H31NO3/c1-18(2)21-14-12-20(13-15-21)17-31-27(30)26(19(3)4)28-25(29)16-23-10-7-9-22-8-5-6-11-24(22)23/h5-15,18-19,26H,16-17H2,1-4H3,(H,28,29)/t26-/m0/s1. The van der Waals surface area contributed by atoms with E-state index >= 15 is 0 Å². The molecule has 0 saturated heterocycles. The van der Waals surface area contributed by atoms with Crippen molar-refractivity contribution in [3.05, 3.63) is 83.4 Å². The number of hydrogen-bond acceptors (Lipinski definition) is 3. The molecule has 3 aromatic rings. The van der Waals surface area contributed by atoms with Gasteiger partial charge in [-0.15, -0.1) is 0 Å². The zero-order valence-electron chi connectivity index (χ0n) is 18.7. The summed E-state index contributed by atoms with van der Waals surface area (Å²) in [5, 5.41) is 5.02. The zero-order chi connectivity index (χ0) is 22.4. The van der Waals surface area contributed by atoms with Gasteiger partial charge in [-0.3, -0.25) is 4.79 Å². The van der Waals surface area contributed by atoms with Crippen molar-refractivity contribution in [2.24, 2.45) is 5.92 Å². The van der Waals surface area contributed by atoms with Crippen LogP contribution in [0, 0.1) is 5.92 Å². The Morgan fingerprint density at radius 3 is 2.23 bits per heavy atom. The van der Waals surface area contributed by atoms with Crippen molar-refractivity contribution < 1.29 is 14.3 Å².